The number of hydrogen-bond acceptors (Lipinski definition) is 4. The van der Waals surface area contributed by atoms with Gasteiger partial charge in [-0.15, -0.1) is 5.10 Å². The number of halogens is 1. The lowest BCUT2D eigenvalue weighted by Crippen LogP contribution is -2.13. The van der Waals surface area contributed by atoms with Gasteiger partial charge in [-0.25, -0.2) is 8.91 Å². The minimum atomic E-state index is -0.451. The summed E-state index contributed by atoms with van der Waals surface area (Å²) in [6.07, 6.45) is 4.65. The molecule has 1 saturated carbocycles. The van der Waals surface area contributed by atoms with Gasteiger partial charge in [0.15, 0.2) is 17.4 Å². The Balaban J connectivity index is 1.76. The zero-order valence-corrected chi connectivity index (χ0v) is 13.3. The fourth-order valence-corrected chi connectivity index (χ4v) is 2.70. The number of nitrogens with one attached hydrogen (secondary N) is 1. The van der Waals surface area contributed by atoms with Gasteiger partial charge in [-0.1, -0.05) is 0 Å². The second kappa shape index (κ2) is 5.33. The summed E-state index contributed by atoms with van der Waals surface area (Å²) in [5.74, 6) is 0.503. The van der Waals surface area contributed by atoms with Crippen molar-refractivity contribution < 1.29 is 13.9 Å². The molecular weight excluding hydrogens is 313 g/mol. The third-order valence-electron chi connectivity index (χ3n) is 4.13. The van der Waals surface area contributed by atoms with E-state index in [0.717, 1.165) is 12.8 Å². The quantitative estimate of drug-likeness (QED) is 0.796. The lowest BCUT2D eigenvalue weighted by atomic mass is 10.1. The minimum Gasteiger partial charge on any atom is -0.493 e. The first-order chi connectivity index (χ1) is 11.6. The van der Waals surface area contributed by atoms with Crippen molar-refractivity contribution >= 4 is 17.2 Å². The monoisotopic (exact) mass is 329 g/mol. The molecule has 1 aliphatic carbocycles. The summed E-state index contributed by atoms with van der Waals surface area (Å²) >= 11 is 0. The molecule has 0 saturated heterocycles. The smallest absolute Gasteiger partial charge is 0.228 e. The number of amides is 1. The first-order valence-electron chi connectivity index (χ1n) is 7.63. The largest absolute Gasteiger partial charge is 0.493 e. The van der Waals surface area contributed by atoms with E-state index in [1.165, 1.54) is 24.0 Å². The Labute approximate surface area is 137 Å². The molecule has 1 amide bonds. The van der Waals surface area contributed by atoms with E-state index < -0.39 is 5.82 Å². The lowest BCUT2D eigenvalue weighted by molar-refractivity contribution is -0.117. The average molecular weight is 329 g/mol. The van der Waals surface area contributed by atoms with Crippen molar-refractivity contribution in [3.63, 3.8) is 0 Å². The number of rotatable bonds is 4. The summed E-state index contributed by atoms with van der Waals surface area (Å²) in [5, 5.41) is 11.1. The van der Waals surface area contributed by atoms with Crippen LogP contribution in [0.4, 0.5) is 10.2 Å². The number of pyridine rings is 1. The Morgan fingerprint density at radius 1 is 1.42 bits per heavy atom. The molecule has 3 aromatic heterocycles. The maximum Gasteiger partial charge on any atom is 0.228 e. The van der Waals surface area contributed by atoms with Crippen molar-refractivity contribution in [3.8, 4) is 17.0 Å². The van der Waals surface area contributed by atoms with Gasteiger partial charge in [0.05, 0.1) is 25.0 Å². The summed E-state index contributed by atoms with van der Waals surface area (Å²) in [7, 11) is 3.24. The molecule has 1 fully saturated rings. The van der Waals surface area contributed by atoms with Crippen molar-refractivity contribution in [1.29, 1.82) is 0 Å². The number of methoxy groups -OCH3 is 1. The number of anilines is 1. The molecule has 4 rings (SSSR count). The predicted octanol–water partition coefficient (Wildman–Crippen LogP) is 2.23. The highest BCUT2D eigenvalue weighted by atomic mass is 19.1. The van der Waals surface area contributed by atoms with Crippen LogP contribution in [0.5, 0.6) is 5.75 Å². The van der Waals surface area contributed by atoms with E-state index in [1.54, 1.807) is 23.9 Å². The Hall–Kier alpha value is -2.90. The third kappa shape index (κ3) is 2.40. The number of nitrogens with zero attached hydrogens (tertiary/aromatic N) is 4. The molecule has 3 heterocycles. The lowest BCUT2D eigenvalue weighted by Gasteiger charge is -2.07. The van der Waals surface area contributed by atoms with Gasteiger partial charge in [-0.3, -0.25) is 9.48 Å². The van der Waals surface area contributed by atoms with Crippen molar-refractivity contribution in [1.82, 2.24) is 19.4 Å². The normalized spacial score (nSPS) is 14.1. The van der Waals surface area contributed by atoms with Gasteiger partial charge in [0.25, 0.3) is 0 Å². The van der Waals surface area contributed by atoms with Gasteiger partial charge in [-0.05, 0) is 18.9 Å². The van der Waals surface area contributed by atoms with Crippen molar-refractivity contribution in [3.05, 3.63) is 30.3 Å². The average Bonchev–Trinajstić information content (AvgIpc) is 3.24. The molecule has 1 aliphatic rings. The van der Waals surface area contributed by atoms with Crippen LogP contribution in [-0.2, 0) is 11.8 Å². The highest BCUT2D eigenvalue weighted by molar-refractivity contribution is 5.93. The van der Waals surface area contributed by atoms with Gasteiger partial charge in [0.1, 0.15) is 5.69 Å². The topological polar surface area (TPSA) is 73.4 Å². The second-order valence-electron chi connectivity index (χ2n) is 5.88. The molecule has 0 aliphatic heterocycles. The number of carbonyl (C=O) groups excluding carboxylic acids is 1. The Kier molecular flexibility index (Phi) is 3.26. The van der Waals surface area contributed by atoms with E-state index in [9.17, 15) is 9.18 Å². The fourth-order valence-electron chi connectivity index (χ4n) is 2.70. The van der Waals surface area contributed by atoms with Crippen LogP contribution in [0, 0.1) is 11.7 Å². The zero-order valence-electron chi connectivity index (χ0n) is 13.3. The summed E-state index contributed by atoms with van der Waals surface area (Å²) in [4.78, 5) is 11.8. The van der Waals surface area contributed by atoms with Crippen LogP contribution in [0.2, 0.25) is 0 Å². The Bertz CT molecular complexity index is 941. The fraction of sp³-hybridized carbons (Fsp3) is 0.312. The summed E-state index contributed by atoms with van der Waals surface area (Å²) in [6.45, 7) is 0. The molecule has 7 nitrogen and oxygen atoms in total. The summed E-state index contributed by atoms with van der Waals surface area (Å²) in [6, 6.07) is 3.38. The number of fused-ring (bicyclic) bond motifs is 1. The highest BCUT2D eigenvalue weighted by Crippen LogP contribution is 2.33. The molecular formula is C16H16FN5O2. The van der Waals surface area contributed by atoms with Crippen LogP contribution in [0.1, 0.15) is 12.8 Å². The third-order valence-corrected chi connectivity index (χ3v) is 4.13. The second-order valence-corrected chi connectivity index (χ2v) is 5.88. The van der Waals surface area contributed by atoms with Gasteiger partial charge in [0.2, 0.25) is 5.91 Å². The molecule has 0 aromatic carbocycles. The molecule has 0 bridgehead atoms. The van der Waals surface area contributed by atoms with Crippen LogP contribution in [0.15, 0.2) is 24.5 Å². The van der Waals surface area contributed by atoms with E-state index in [4.69, 9.17) is 4.74 Å². The number of aromatic nitrogens is 4. The van der Waals surface area contributed by atoms with Crippen molar-refractivity contribution in [2.75, 3.05) is 12.4 Å². The molecule has 1 N–H and O–H groups in total. The number of aryl methyl sites for hydroxylation is 1. The van der Waals surface area contributed by atoms with Gasteiger partial charge in [-0.2, -0.15) is 5.10 Å². The van der Waals surface area contributed by atoms with Crippen molar-refractivity contribution in [2.24, 2.45) is 13.0 Å². The Morgan fingerprint density at radius 3 is 2.92 bits per heavy atom. The van der Waals surface area contributed by atoms with Crippen LogP contribution in [0.3, 0.4) is 0 Å². The van der Waals surface area contributed by atoms with Crippen LogP contribution in [0.25, 0.3) is 16.8 Å². The summed E-state index contributed by atoms with van der Waals surface area (Å²) < 4.78 is 22.8. The molecule has 0 atom stereocenters. The first kappa shape index (κ1) is 14.7. The number of hydrogen-bond donors (Lipinski definition) is 1. The van der Waals surface area contributed by atoms with E-state index in [-0.39, 0.29) is 11.8 Å². The van der Waals surface area contributed by atoms with Crippen LogP contribution in [-0.4, -0.2) is 32.4 Å². The van der Waals surface area contributed by atoms with Crippen molar-refractivity contribution in [2.45, 2.75) is 12.8 Å². The molecule has 0 unspecified atom stereocenters. The molecule has 24 heavy (non-hydrogen) atoms. The van der Waals surface area contributed by atoms with Gasteiger partial charge < -0.3 is 10.1 Å². The summed E-state index contributed by atoms with van der Waals surface area (Å²) in [5.41, 5.74) is 1.57. The van der Waals surface area contributed by atoms with Crippen LogP contribution >= 0.6 is 0 Å². The molecule has 124 valence electrons. The standard InChI is InChI=1S/C16H16FN5O2/c1-21-15(13(24-2)7-18-21)11-5-10-6-14(19-16(23)9-3-4-9)20-22(10)8-12(11)17/h5-9H,3-4H2,1-2H3,(H,19,20,23). The highest BCUT2D eigenvalue weighted by Gasteiger charge is 2.30. The molecule has 0 radical (unpaired) electrons. The number of ether oxygens (including phenoxy) is 1. The minimum absolute atomic E-state index is 0.0348. The SMILES string of the molecule is COc1cnn(C)c1-c1cc2cc(NC(=O)C3CC3)nn2cc1F. The molecule has 3 aromatic rings. The van der Waals surface area contributed by atoms with E-state index in [2.05, 4.69) is 15.5 Å². The van der Waals surface area contributed by atoms with E-state index in [0.29, 0.717) is 28.3 Å². The molecule has 0 spiro atoms. The maximum absolute atomic E-state index is 14.5. The van der Waals surface area contributed by atoms with Gasteiger partial charge >= 0.3 is 0 Å². The first-order valence-corrected chi connectivity index (χ1v) is 7.63. The van der Waals surface area contributed by atoms with E-state index in [1.807, 2.05) is 0 Å². The van der Waals surface area contributed by atoms with Crippen LogP contribution < -0.4 is 10.1 Å². The molecule has 8 heteroatoms. The van der Waals surface area contributed by atoms with Gasteiger partial charge in [0, 0.05) is 24.6 Å². The predicted molar refractivity (Wildman–Crippen MR) is 85.3 cm³/mol. The Morgan fingerprint density at radius 2 is 2.21 bits per heavy atom. The zero-order chi connectivity index (χ0) is 16.8. The van der Waals surface area contributed by atoms with E-state index >= 15 is 0 Å². The maximum atomic E-state index is 14.5. The number of carbonyl (C=O) groups is 1.